The van der Waals surface area contributed by atoms with Gasteiger partial charge in [-0.3, -0.25) is 0 Å². The van der Waals surface area contributed by atoms with E-state index in [1.165, 1.54) is 0 Å². The second-order valence-electron chi connectivity index (χ2n) is 7.21. The van der Waals surface area contributed by atoms with Crippen molar-refractivity contribution in [1.82, 2.24) is 14.5 Å². The Balaban J connectivity index is 1.96. The smallest absolute Gasteiger partial charge is 0.225 e. The Kier molecular flexibility index (Phi) is 5.48. The van der Waals surface area contributed by atoms with E-state index in [1.807, 2.05) is 41.1 Å². The first-order valence-corrected chi connectivity index (χ1v) is 12.7. The number of ether oxygens (including phenoxy) is 1. The van der Waals surface area contributed by atoms with Crippen LogP contribution in [0.4, 0.5) is 0 Å². The number of rotatable bonds is 6. The van der Waals surface area contributed by atoms with Gasteiger partial charge in [-0.25, -0.2) is 4.98 Å². The first-order chi connectivity index (χ1) is 11.8. The molecule has 0 spiro atoms. The lowest BCUT2D eigenvalue weighted by atomic mass is 10.1. The summed E-state index contributed by atoms with van der Waals surface area (Å²) in [5.41, 5.74) is 2.73. The van der Waals surface area contributed by atoms with E-state index in [-0.39, 0.29) is 5.28 Å². The van der Waals surface area contributed by atoms with Crippen LogP contribution in [0.15, 0.2) is 36.5 Å². The first-order valence-electron chi connectivity index (χ1n) is 8.20. The van der Waals surface area contributed by atoms with Gasteiger partial charge in [-0.2, -0.15) is 4.98 Å². The van der Waals surface area contributed by atoms with Crippen LogP contribution in [0.25, 0.3) is 22.2 Å². The second kappa shape index (κ2) is 7.46. The average molecular weight is 394 g/mol. The summed E-state index contributed by atoms with van der Waals surface area (Å²) in [6, 6.07) is 11.2. The van der Waals surface area contributed by atoms with Gasteiger partial charge in [0.1, 0.15) is 17.5 Å². The number of hydrogen-bond donors (Lipinski definition) is 0. The molecule has 0 N–H and O–H groups in total. The molecule has 0 unspecified atom stereocenters. The third-order valence-corrected chi connectivity index (χ3v) is 6.10. The van der Waals surface area contributed by atoms with Crippen molar-refractivity contribution in [2.75, 3.05) is 6.61 Å². The van der Waals surface area contributed by atoms with Crippen LogP contribution in [0.5, 0.6) is 0 Å². The number of fused-ring (bicyclic) bond motifs is 1. The van der Waals surface area contributed by atoms with Crippen molar-refractivity contribution in [3.63, 3.8) is 0 Å². The first kappa shape index (κ1) is 18.4. The summed E-state index contributed by atoms with van der Waals surface area (Å²) in [5.74, 6) is 0. The monoisotopic (exact) mass is 393 g/mol. The number of nitrogens with zero attached hydrogens (tertiary/aromatic N) is 3. The number of benzene rings is 1. The van der Waals surface area contributed by atoms with Gasteiger partial charge in [0, 0.05) is 26.4 Å². The Morgan fingerprint density at radius 3 is 2.48 bits per heavy atom. The molecule has 0 aliphatic rings. The molecule has 1 aromatic carbocycles. The molecule has 2 heterocycles. The molecule has 7 heteroatoms. The summed E-state index contributed by atoms with van der Waals surface area (Å²) in [4.78, 5) is 8.47. The van der Waals surface area contributed by atoms with Gasteiger partial charge in [-0.15, -0.1) is 0 Å². The second-order valence-corrected chi connectivity index (χ2v) is 13.5. The van der Waals surface area contributed by atoms with Gasteiger partial charge >= 0.3 is 0 Å². The fourth-order valence-corrected chi connectivity index (χ4v) is 3.83. The van der Waals surface area contributed by atoms with E-state index in [2.05, 4.69) is 29.6 Å². The van der Waals surface area contributed by atoms with Gasteiger partial charge < -0.3 is 9.30 Å². The summed E-state index contributed by atoms with van der Waals surface area (Å²) in [6.45, 7) is 8.16. The molecule has 0 radical (unpaired) electrons. The Morgan fingerprint density at radius 2 is 1.80 bits per heavy atom. The zero-order valence-electron chi connectivity index (χ0n) is 14.6. The fraction of sp³-hybridized carbons (Fsp3) is 0.333. The summed E-state index contributed by atoms with van der Waals surface area (Å²) in [7, 11) is -1.12. The highest BCUT2D eigenvalue weighted by Gasteiger charge is 2.17. The number of aromatic nitrogens is 3. The molecule has 0 bridgehead atoms. The largest absolute Gasteiger partial charge is 0.361 e. The van der Waals surface area contributed by atoms with E-state index in [1.54, 1.807) is 0 Å². The standard InChI is InChI=1S/C18H21Cl2N3OSi/c1-25(2,3)10-9-24-12-23-11-14(13-7-5-4-6-8-13)15-16(19)21-18(20)22-17(15)23/h4-8,11H,9-10,12H2,1-3H3. The zero-order chi connectivity index (χ0) is 18.0. The van der Waals surface area contributed by atoms with Crippen molar-refractivity contribution in [2.24, 2.45) is 0 Å². The molecule has 0 aliphatic heterocycles. The molecule has 3 aromatic rings. The van der Waals surface area contributed by atoms with E-state index in [0.717, 1.165) is 29.2 Å². The number of halogens is 2. The van der Waals surface area contributed by atoms with Crippen molar-refractivity contribution in [1.29, 1.82) is 0 Å². The molecular formula is C18H21Cl2N3OSi. The molecule has 3 rings (SSSR count). The van der Waals surface area contributed by atoms with Gasteiger partial charge in [0.2, 0.25) is 5.28 Å². The highest BCUT2D eigenvalue weighted by Crippen LogP contribution is 2.34. The van der Waals surface area contributed by atoms with Crippen LogP contribution in [-0.4, -0.2) is 29.2 Å². The summed E-state index contributed by atoms with van der Waals surface area (Å²) >= 11 is 12.4. The third-order valence-electron chi connectivity index (χ3n) is 3.96. The highest BCUT2D eigenvalue weighted by molar-refractivity contribution is 6.76. The van der Waals surface area contributed by atoms with E-state index in [4.69, 9.17) is 27.9 Å². The summed E-state index contributed by atoms with van der Waals surface area (Å²) in [6.07, 6.45) is 2.01. The minimum Gasteiger partial charge on any atom is -0.361 e. The quantitative estimate of drug-likeness (QED) is 0.232. The molecular weight excluding hydrogens is 373 g/mol. The summed E-state index contributed by atoms with van der Waals surface area (Å²) in [5, 5.41) is 1.29. The van der Waals surface area contributed by atoms with Crippen LogP contribution in [-0.2, 0) is 11.5 Å². The van der Waals surface area contributed by atoms with Crippen molar-refractivity contribution in [3.8, 4) is 11.1 Å². The molecule has 0 atom stereocenters. The SMILES string of the molecule is C[Si](C)(C)CCOCn1cc(-c2ccccc2)c2c(Cl)nc(Cl)nc21. The third kappa shape index (κ3) is 4.42. The van der Waals surface area contributed by atoms with E-state index >= 15 is 0 Å². The maximum absolute atomic E-state index is 6.37. The predicted molar refractivity (Wildman–Crippen MR) is 107 cm³/mol. The lowest BCUT2D eigenvalue weighted by Crippen LogP contribution is -2.22. The van der Waals surface area contributed by atoms with Crippen LogP contribution >= 0.6 is 23.2 Å². The molecule has 4 nitrogen and oxygen atoms in total. The van der Waals surface area contributed by atoms with Gasteiger partial charge in [0.25, 0.3) is 0 Å². The topological polar surface area (TPSA) is 39.9 Å². The van der Waals surface area contributed by atoms with E-state index in [0.29, 0.717) is 17.5 Å². The van der Waals surface area contributed by atoms with Crippen LogP contribution < -0.4 is 0 Å². The fourth-order valence-electron chi connectivity index (χ4n) is 2.59. The van der Waals surface area contributed by atoms with Gasteiger partial charge in [0.05, 0.1) is 5.39 Å². The van der Waals surface area contributed by atoms with Crippen LogP contribution in [0.1, 0.15) is 0 Å². The van der Waals surface area contributed by atoms with Crippen LogP contribution in [0, 0.1) is 0 Å². The number of hydrogen-bond acceptors (Lipinski definition) is 3. The van der Waals surface area contributed by atoms with Crippen molar-refractivity contribution in [2.45, 2.75) is 32.4 Å². The lowest BCUT2D eigenvalue weighted by Gasteiger charge is -2.15. The Bertz CT molecular complexity index is 875. The molecule has 0 saturated heterocycles. The Morgan fingerprint density at radius 1 is 1.08 bits per heavy atom. The molecule has 0 saturated carbocycles. The Labute approximate surface area is 158 Å². The van der Waals surface area contributed by atoms with Crippen LogP contribution in [0.3, 0.4) is 0 Å². The zero-order valence-corrected chi connectivity index (χ0v) is 17.1. The maximum Gasteiger partial charge on any atom is 0.225 e. The van der Waals surface area contributed by atoms with Gasteiger partial charge in [-0.1, -0.05) is 61.6 Å². The Hall–Kier alpha value is -1.40. The summed E-state index contributed by atoms with van der Waals surface area (Å²) < 4.78 is 7.83. The minimum absolute atomic E-state index is 0.138. The lowest BCUT2D eigenvalue weighted by molar-refractivity contribution is 0.0899. The van der Waals surface area contributed by atoms with Gasteiger partial charge in [0.15, 0.2) is 0 Å². The molecule has 0 amide bonds. The van der Waals surface area contributed by atoms with Crippen molar-refractivity contribution in [3.05, 3.63) is 47.0 Å². The molecule has 132 valence electrons. The predicted octanol–water partition coefficient (Wildman–Crippen LogP) is 5.72. The van der Waals surface area contributed by atoms with E-state index in [9.17, 15) is 0 Å². The molecule has 25 heavy (non-hydrogen) atoms. The minimum atomic E-state index is -1.12. The normalized spacial score (nSPS) is 12.0. The van der Waals surface area contributed by atoms with Crippen molar-refractivity contribution < 1.29 is 4.74 Å². The van der Waals surface area contributed by atoms with Crippen LogP contribution in [0.2, 0.25) is 36.1 Å². The van der Waals surface area contributed by atoms with Crippen molar-refractivity contribution >= 4 is 42.3 Å². The van der Waals surface area contributed by atoms with E-state index < -0.39 is 8.07 Å². The highest BCUT2D eigenvalue weighted by atomic mass is 35.5. The average Bonchev–Trinajstić information content (AvgIpc) is 2.90. The van der Waals surface area contributed by atoms with Gasteiger partial charge in [-0.05, 0) is 23.2 Å². The molecule has 2 aromatic heterocycles. The molecule has 0 aliphatic carbocycles. The maximum atomic E-state index is 6.37. The molecule has 0 fully saturated rings.